The Hall–Kier alpha value is -1.73. The van der Waals surface area contributed by atoms with Crippen molar-refractivity contribution in [1.29, 1.82) is 0 Å². The summed E-state index contributed by atoms with van der Waals surface area (Å²) in [6, 6.07) is 0. The Morgan fingerprint density at radius 1 is 1.11 bits per heavy atom. The molecule has 0 aliphatic carbocycles. The van der Waals surface area contributed by atoms with Crippen molar-refractivity contribution in [2.45, 2.75) is 26.2 Å². The highest BCUT2D eigenvalue weighted by Gasteiger charge is 2.17. The number of halogens is 2. The molecule has 0 aromatic carbocycles. The molecule has 0 spiro atoms. The minimum absolute atomic E-state index is 0.188. The van der Waals surface area contributed by atoms with Crippen LogP contribution in [0.5, 0.6) is 0 Å². The fraction of sp³-hybridized carbons (Fsp3) is 0.727. The van der Waals surface area contributed by atoms with Gasteiger partial charge in [-0.15, -0.1) is 0 Å². The van der Waals surface area contributed by atoms with Crippen LogP contribution in [0.2, 0.25) is 0 Å². The first-order chi connectivity index (χ1) is 9.19. The van der Waals surface area contributed by atoms with E-state index in [1.54, 1.807) is 0 Å². The molecule has 0 amide bonds. The van der Waals surface area contributed by atoms with E-state index in [-0.39, 0.29) is 5.95 Å². The van der Waals surface area contributed by atoms with Crippen LogP contribution in [0.3, 0.4) is 0 Å². The molecule has 8 heteroatoms. The Balaban J connectivity index is 2.16. The quantitative estimate of drug-likeness (QED) is 0.819. The molecule has 0 unspecified atom stereocenters. The molecule has 0 bridgehead atoms. The summed E-state index contributed by atoms with van der Waals surface area (Å²) in [6.45, 7) is 3.91. The number of aromatic nitrogens is 3. The van der Waals surface area contributed by atoms with Gasteiger partial charge in [0, 0.05) is 19.6 Å². The first kappa shape index (κ1) is 13.7. The molecule has 19 heavy (non-hydrogen) atoms. The number of hydrogen-bond donors (Lipinski definition) is 2. The van der Waals surface area contributed by atoms with Gasteiger partial charge in [-0.25, -0.2) is 8.78 Å². The predicted molar refractivity (Wildman–Crippen MR) is 69.9 cm³/mol. The van der Waals surface area contributed by atoms with Crippen LogP contribution in [0.15, 0.2) is 0 Å². The van der Waals surface area contributed by atoms with E-state index in [1.807, 2.05) is 11.8 Å². The van der Waals surface area contributed by atoms with Crippen molar-refractivity contribution in [2.24, 2.45) is 0 Å². The van der Waals surface area contributed by atoms with E-state index < -0.39 is 13.0 Å². The second kappa shape index (κ2) is 6.44. The largest absolute Gasteiger partial charge is 0.354 e. The highest BCUT2D eigenvalue weighted by molar-refractivity contribution is 5.44. The van der Waals surface area contributed by atoms with E-state index in [9.17, 15) is 8.78 Å². The van der Waals surface area contributed by atoms with Gasteiger partial charge in [-0.3, -0.25) is 0 Å². The second-order valence-corrected chi connectivity index (χ2v) is 4.28. The van der Waals surface area contributed by atoms with Gasteiger partial charge in [0.15, 0.2) is 0 Å². The van der Waals surface area contributed by atoms with Crippen LogP contribution < -0.4 is 15.5 Å². The van der Waals surface area contributed by atoms with Crippen LogP contribution in [-0.4, -0.2) is 47.6 Å². The van der Waals surface area contributed by atoms with Gasteiger partial charge in [0.1, 0.15) is 0 Å². The van der Waals surface area contributed by atoms with Crippen molar-refractivity contribution < 1.29 is 8.78 Å². The summed E-state index contributed by atoms with van der Waals surface area (Å²) < 4.78 is 24.4. The summed E-state index contributed by atoms with van der Waals surface area (Å²) in [6.07, 6.45) is -0.237. The zero-order chi connectivity index (χ0) is 13.7. The number of nitrogens with zero attached hydrogens (tertiary/aromatic N) is 4. The maximum Gasteiger partial charge on any atom is 0.255 e. The maximum atomic E-state index is 12.2. The van der Waals surface area contributed by atoms with Crippen molar-refractivity contribution in [3.63, 3.8) is 0 Å². The van der Waals surface area contributed by atoms with Crippen molar-refractivity contribution in [3.8, 4) is 0 Å². The first-order valence-corrected chi connectivity index (χ1v) is 6.46. The fourth-order valence-electron chi connectivity index (χ4n) is 1.91. The maximum absolute atomic E-state index is 12.2. The van der Waals surface area contributed by atoms with Crippen LogP contribution in [0.25, 0.3) is 0 Å². The smallest absolute Gasteiger partial charge is 0.255 e. The van der Waals surface area contributed by atoms with Gasteiger partial charge in [0.05, 0.1) is 6.54 Å². The average Bonchev–Trinajstić information content (AvgIpc) is 2.90. The third-order valence-corrected chi connectivity index (χ3v) is 2.76. The summed E-state index contributed by atoms with van der Waals surface area (Å²) in [5.74, 6) is 1.14. The topological polar surface area (TPSA) is 66.0 Å². The molecule has 1 aliphatic heterocycles. The highest BCUT2D eigenvalue weighted by atomic mass is 19.3. The van der Waals surface area contributed by atoms with Crippen molar-refractivity contribution >= 4 is 17.8 Å². The number of hydrogen-bond acceptors (Lipinski definition) is 6. The Labute approximate surface area is 110 Å². The standard InChI is InChI=1S/C11H18F2N6/c1-2-14-9-16-10(15-7-8(12)13)18-11(17-9)19-5-3-4-6-19/h8H,2-7H2,1H3,(H2,14,15,16,17,18). The molecule has 2 rings (SSSR count). The molecule has 1 aliphatic rings. The summed E-state index contributed by atoms with van der Waals surface area (Å²) >= 11 is 0. The zero-order valence-corrected chi connectivity index (χ0v) is 10.9. The molecule has 6 nitrogen and oxygen atoms in total. The summed E-state index contributed by atoms with van der Waals surface area (Å²) in [4.78, 5) is 14.6. The molecule has 1 aromatic rings. The number of nitrogens with one attached hydrogen (secondary N) is 2. The molecular formula is C11H18F2N6. The number of alkyl halides is 2. The molecule has 0 saturated carbocycles. The SMILES string of the molecule is CCNc1nc(NCC(F)F)nc(N2CCCC2)n1. The number of anilines is 3. The van der Waals surface area contributed by atoms with Crippen LogP contribution in [0.4, 0.5) is 26.6 Å². The summed E-state index contributed by atoms with van der Waals surface area (Å²) in [5, 5.41) is 5.51. The summed E-state index contributed by atoms with van der Waals surface area (Å²) in [7, 11) is 0. The molecule has 0 radical (unpaired) electrons. The van der Waals surface area contributed by atoms with Gasteiger partial charge in [-0.05, 0) is 19.8 Å². The fourth-order valence-corrected chi connectivity index (χ4v) is 1.91. The van der Waals surface area contributed by atoms with Gasteiger partial charge in [0.2, 0.25) is 17.8 Å². The van der Waals surface area contributed by atoms with E-state index >= 15 is 0 Å². The minimum atomic E-state index is -2.44. The molecule has 1 saturated heterocycles. The third-order valence-electron chi connectivity index (χ3n) is 2.76. The molecule has 2 heterocycles. The van der Waals surface area contributed by atoms with E-state index in [0.29, 0.717) is 18.4 Å². The lowest BCUT2D eigenvalue weighted by Gasteiger charge is -2.17. The normalized spacial score (nSPS) is 15.1. The van der Waals surface area contributed by atoms with Crippen LogP contribution >= 0.6 is 0 Å². The van der Waals surface area contributed by atoms with Gasteiger partial charge in [0.25, 0.3) is 6.43 Å². The lowest BCUT2D eigenvalue weighted by molar-refractivity contribution is 0.163. The van der Waals surface area contributed by atoms with E-state index in [1.165, 1.54) is 0 Å². The highest BCUT2D eigenvalue weighted by Crippen LogP contribution is 2.18. The van der Waals surface area contributed by atoms with Crippen molar-refractivity contribution in [3.05, 3.63) is 0 Å². The first-order valence-electron chi connectivity index (χ1n) is 6.46. The predicted octanol–water partition coefficient (Wildman–Crippen LogP) is 1.58. The van der Waals surface area contributed by atoms with E-state index in [4.69, 9.17) is 0 Å². The molecule has 2 N–H and O–H groups in total. The summed E-state index contributed by atoms with van der Waals surface area (Å²) in [5.41, 5.74) is 0. The Bertz CT molecular complexity index is 408. The minimum Gasteiger partial charge on any atom is -0.354 e. The van der Waals surface area contributed by atoms with Gasteiger partial charge >= 0.3 is 0 Å². The van der Waals surface area contributed by atoms with Crippen LogP contribution in [0.1, 0.15) is 19.8 Å². The number of rotatable bonds is 6. The monoisotopic (exact) mass is 272 g/mol. The molecular weight excluding hydrogens is 254 g/mol. The van der Waals surface area contributed by atoms with Crippen LogP contribution in [-0.2, 0) is 0 Å². The molecule has 1 fully saturated rings. The van der Waals surface area contributed by atoms with Crippen molar-refractivity contribution in [2.75, 3.05) is 41.7 Å². The van der Waals surface area contributed by atoms with E-state index in [0.717, 1.165) is 25.9 Å². The van der Waals surface area contributed by atoms with Crippen LogP contribution in [0, 0.1) is 0 Å². The van der Waals surface area contributed by atoms with Crippen molar-refractivity contribution in [1.82, 2.24) is 15.0 Å². The Kier molecular flexibility index (Phi) is 4.64. The second-order valence-electron chi connectivity index (χ2n) is 4.28. The Morgan fingerprint density at radius 3 is 2.32 bits per heavy atom. The average molecular weight is 272 g/mol. The third kappa shape index (κ3) is 3.87. The van der Waals surface area contributed by atoms with E-state index in [2.05, 4.69) is 25.6 Å². The zero-order valence-electron chi connectivity index (χ0n) is 10.9. The van der Waals surface area contributed by atoms with Gasteiger partial charge < -0.3 is 15.5 Å². The molecule has 1 aromatic heterocycles. The molecule has 106 valence electrons. The lowest BCUT2D eigenvalue weighted by atomic mass is 10.4. The van der Waals surface area contributed by atoms with Gasteiger partial charge in [-0.2, -0.15) is 15.0 Å². The molecule has 0 atom stereocenters. The van der Waals surface area contributed by atoms with Gasteiger partial charge in [-0.1, -0.05) is 0 Å². The Morgan fingerprint density at radius 2 is 1.74 bits per heavy atom. The lowest BCUT2D eigenvalue weighted by Crippen LogP contribution is -2.23.